The Morgan fingerprint density at radius 1 is 1.59 bits per heavy atom. The van der Waals surface area contributed by atoms with E-state index in [1.165, 1.54) is 6.92 Å². The Morgan fingerprint density at radius 3 is 3.00 bits per heavy atom. The van der Waals surface area contributed by atoms with Crippen LogP contribution >= 0.6 is 0 Å². The van der Waals surface area contributed by atoms with Gasteiger partial charge in [-0.15, -0.1) is 0 Å². The largest absolute Gasteiger partial charge is 0.398 e. The Hall–Kier alpha value is -2.28. The zero-order valence-electron chi connectivity index (χ0n) is 9.73. The predicted octanol–water partition coefficient (Wildman–Crippen LogP) is 1.68. The summed E-state index contributed by atoms with van der Waals surface area (Å²) < 4.78 is 0. The van der Waals surface area contributed by atoms with Gasteiger partial charge in [0.15, 0.2) is 0 Å². The van der Waals surface area contributed by atoms with Crippen molar-refractivity contribution in [1.29, 1.82) is 5.26 Å². The first-order valence-electron chi connectivity index (χ1n) is 5.34. The second-order valence-electron chi connectivity index (χ2n) is 3.60. The fourth-order valence-corrected chi connectivity index (χ4v) is 1.40. The molecule has 1 amide bonds. The number of carbonyl (C=O) groups excluding carboxylic acids is 1. The number of nitrogens with two attached hydrogens (primary N) is 1. The van der Waals surface area contributed by atoms with Crippen LogP contribution in [0.4, 0.5) is 5.69 Å². The van der Waals surface area contributed by atoms with Crippen LogP contribution in [0.3, 0.4) is 0 Å². The Bertz CT molecular complexity index is 472. The lowest BCUT2D eigenvalue weighted by atomic mass is 10.1. The second kappa shape index (κ2) is 6.33. The smallest absolute Gasteiger partial charge is 0.216 e. The molecule has 0 aliphatic carbocycles. The highest BCUT2D eigenvalue weighted by molar-refractivity contribution is 5.72. The molecule has 3 N–H and O–H groups in total. The number of nitrogens with zero attached hydrogens (tertiary/aromatic N) is 1. The second-order valence-corrected chi connectivity index (χ2v) is 3.60. The van der Waals surface area contributed by atoms with Crippen LogP contribution in [-0.4, -0.2) is 12.5 Å². The van der Waals surface area contributed by atoms with E-state index in [9.17, 15) is 4.79 Å². The number of nitriles is 1. The number of rotatable bonds is 4. The molecule has 1 aromatic carbocycles. The molecule has 4 nitrogen and oxygen atoms in total. The number of benzene rings is 1. The minimum Gasteiger partial charge on any atom is -0.398 e. The Labute approximate surface area is 101 Å². The first kappa shape index (κ1) is 12.8. The summed E-state index contributed by atoms with van der Waals surface area (Å²) in [6.45, 7) is 2.07. The molecule has 0 aliphatic rings. The van der Waals surface area contributed by atoms with Gasteiger partial charge in [-0.25, -0.2) is 0 Å². The molecular formula is C13H15N3O. The van der Waals surface area contributed by atoms with Crippen LogP contribution in [0.2, 0.25) is 0 Å². The fraction of sp³-hybridized carbons (Fsp3) is 0.231. The van der Waals surface area contributed by atoms with E-state index in [2.05, 4.69) is 11.4 Å². The van der Waals surface area contributed by atoms with Gasteiger partial charge in [0.05, 0.1) is 11.3 Å². The van der Waals surface area contributed by atoms with E-state index in [0.717, 1.165) is 12.0 Å². The van der Waals surface area contributed by atoms with Crippen LogP contribution in [0.25, 0.3) is 6.08 Å². The van der Waals surface area contributed by atoms with Crippen molar-refractivity contribution in [2.45, 2.75) is 13.3 Å². The number of hydrogen-bond donors (Lipinski definition) is 2. The van der Waals surface area contributed by atoms with Gasteiger partial charge in [-0.1, -0.05) is 24.3 Å². The summed E-state index contributed by atoms with van der Waals surface area (Å²) in [5.41, 5.74) is 7.46. The minimum atomic E-state index is -0.0416. The molecular weight excluding hydrogens is 214 g/mol. The zero-order chi connectivity index (χ0) is 12.7. The van der Waals surface area contributed by atoms with Crippen molar-refractivity contribution in [1.82, 2.24) is 5.32 Å². The van der Waals surface area contributed by atoms with Crippen molar-refractivity contribution in [2.75, 3.05) is 12.3 Å². The normalized spacial score (nSPS) is 10.1. The summed E-state index contributed by atoms with van der Waals surface area (Å²) in [5, 5.41) is 11.6. The third-order valence-corrected chi connectivity index (χ3v) is 2.22. The molecule has 0 unspecified atom stereocenters. The number of anilines is 1. The number of nitrogens with one attached hydrogen (secondary N) is 1. The van der Waals surface area contributed by atoms with Gasteiger partial charge >= 0.3 is 0 Å². The summed E-state index contributed by atoms with van der Waals surface area (Å²) in [6, 6.07) is 7.42. The number of carbonyl (C=O) groups is 1. The average molecular weight is 229 g/mol. The van der Waals surface area contributed by atoms with Gasteiger partial charge in [-0.3, -0.25) is 4.79 Å². The molecule has 4 heteroatoms. The van der Waals surface area contributed by atoms with Crippen molar-refractivity contribution < 1.29 is 4.79 Å². The van der Waals surface area contributed by atoms with E-state index in [1.54, 1.807) is 6.07 Å². The highest BCUT2D eigenvalue weighted by Crippen LogP contribution is 2.17. The van der Waals surface area contributed by atoms with Crippen LogP contribution in [0.1, 0.15) is 24.5 Å². The third-order valence-electron chi connectivity index (χ3n) is 2.22. The molecule has 0 atom stereocenters. The van der Waals surface area contributed by atoms with Crippen molar-refractivity contribution >= 4 is 17.7 Å². The highest BCUT2D eigenvalue weighted by atomic mass is 16.1. The van der Waals surface area contributed by atoms with E-state index >= 15 is 0 Å². The Kier molecular flexibility index (Phi) is 4.77. The van der Waals surface area contributed by atoms with Crippen molar-refractivity contribution in [3.8, 4) is 6.07 Å². The summed E-state index contributed by atoms with van der Waals surface area (Å²) in [7, 11) is 0. The monoisotopic (exact) mass is 229 g/mol. The molecule has 1 aromatic rings. The van der Waals surface area contributed by atoms with E-state index in [0.29, 0.717) is 17.8 Å². The number of amides is 1. The third kappa shape index (κ3) is 3.99. The lowest BCUT2D eigenvalue weighted by Gasteiger charge is -2.01. The predicted molar refractivity (Wildman–Crippen MR) is 67.9 cm³/mol. The molecule has 0 aliphatic heterocycles. The quantitative estimate of drug-likeness (QED) is 0.609. The van der Waals surface area contributed by atoms with Gasteiger partial charge in [-0.2, -0.15) is 5.26 Å². The molecule has 17 heavy (non-hydrogen) atoms. The molecule has 1 rings (SSSR count). The molecule has 0 bridgehead atoms. The lowest BCUT2D eigenvalue weighted by molar-refractivity contribution is -0.118. The summed E-state index contributed by atoms with van der Waals surface area (Å²) in [6.07, 6.45) is 4.47. The van der Waals surface area contributed by atoms with Gasteiger partial charge in [0.2, 0.25) is 5.91 Å². The summed E-state index contributed by atoms with van der Waals surface area (Å²) in [4.78, 5) is 10.6. The van der Waals surface area contributed by atoms with Crippen LogP contribution in [-0.2, 0) is 4.79 Å². The molecule has 0 saturated heterocycles. The van der Waals surface area contributed by atoms with Crippen LogP contribution in [0, 0.1) is 11.3 Å². The van der Waals surface area contributed by atoms with Gasteiger partial charge in [0, 0.05) is 13.5 Å². The molecule has 0 saturated carbocycles. The molecule has 0 heterocycles. The van der Waals surface area contributed by atoms with Crippen molar-refractivity contribution in [3.05, 3.63) is 35.4 Å². The van der Waals surface area contributed by atoms with Gasteiger partial charge < -0.3 is 11.1 Å². The Balaban J connectivity index is 2.63. The van der Waals surface area contributed by atoms with E-state index in [1.807, 2.05) is 24.3 Å². The van der Waals surface area contributed by atoms with Crippen LogP contribution in [0.15, 0.2) is 24.3 Å². The van der Waals surface area contributed by atoms with Crippen LogP contribution in [0.5, 0.6) is 0 Å². The first-order valence-corrected chi connectivity index (χ1v) is 5.34. The van der Waals surface area contributed by atoms with Gasteiger partial charge in [0.1, 0.15) is 6.07 Å². The maximum absolute atomic E-state index is 10.6. The van der Waals surface area contributed by atoms with E-state index in [-0.39, 0.29) is 5.91 Å². The maximum Gasteiger partial charge on any atom is 0.216 e. The summed E-state index contributed by atoms with van der Waals surface area (Å²) in [5.74, 6) is -0.0416. The molecule has 0 aromatic heterocycles. The van der Waals surface area contributed by atoms with Crippen molar-refractivity contribution in [2.24, 2.45) is 0 Å². The molecule has 0 radical (unpaired) electrons. The average Bonchev–Trinajstić information content (AvgIpc) is 2.28. The topological polar surface area (TPSA) is 78.9 Å². The first-order chi connectivity index (χ1) is 8.15. The van der Waals surface area contributed by atoms with Gasteiger partial charge in [-0.05, 0) is 18.1 Å². The number of hydrogen-bond acceptors (Lipinski definition) is 3. The number of nitrogen functional groups attached to an aromatic ring is 1. The molecule has 0 spiro atoms. The SMILES string of the molecule is CC(=O)NCCC=Cc1cccc(N)c1C#N. The van der Waals surface area contributed by atoms with Crippen LogP contribution < -0.4 is 11.1 Å². The molecule has 0 fully saturated rings. The van der Waals surface area contributed by atoms with Gasteiger partial charge in [0.25, 0.3) is 0 Å². The maximum atomic E-state index is 10.6. The fourth-order valence-electron chi connectivity index (χ4n) is 1.40. The van der Waals surface area contributed by atoms with E-state index < -0.39 is 0 Å². The minimum absolute atomic E-state index is 0.0416. The lowest BCUT2D eigenvalue weighted by Crippen LogP contribution is -2.20. The Morgan fingerprint density at radius 2 is 2.35 bits per heavy atom. The highest BCUT2D eigenvalue weighted by Gasteiger charge is 2.01. The summed E-state index contributed by atoms with van der Waals surface area (Å²) >= 11 is 0. The molecule has 88 valence electrons. The zero-order valence-corrected chi connectivity index (χ0v) is 9.73. The standard InChI is InChI=1S/C13H15N3O/c1-10(17)16-8-3-2-5-11-6-4-7-13(15)12(11)9-14/h2,4-7H,3,8,15H2,1H3,(H,16,17). The van der Waals surface area contributed by atoms with E-state index in [4.69, 9.17) is 11.0 Å². The van der Waals surface area contributed by atoms with Crippen molar-refractivity contribution in [3.63, 3.8) is 0 Å².